The molecule has 34 heavy (non-hydrogen) atoms. The molecular formula is C25H25N5O4. The molecular weight excluding hydrogens is 434 g/mol. The summed E-state index contributed by atoms with van der Waals surface area (Å²) in [5, 5.41) is 9.45. The number of nitrogens with two attached hydrogens (primary N) is 1. The van der Waals surface area contributed by atoms with E-state index in [-0.39, 0.29) is 24.1 Å². The number of amides is 1. The molecule has 9 nitrogen and oxygen atoms in total. The van der Waals surface area contributed by atoms with Gasteiger partial charge in [0, 0.05) is 19.3 Å². The van der Waals surface area contributed by atoms with Crippen LogP contribution in [0, 0.1) is 0 Å². The average Bonchev–Trinajstić information content (AvgIpc) is 3.17. The summed E-state index contributed by atoms with van der Waals surface area (Å²) in [5.74, 6) is 0.920. The molecule has 1 aliphatic rings. The quantitative estimate of drug-likeness (QED) is 0.471. The van der Waals surface area contributed by atoms with Gasteiger partial charge in [-0.2, -0.15) is 0 Å². The van der Waals surface area contributed by atoms with E-state index < -0.39 is 6.09 Å². The number of pyridine rings is 1. The van der Waals surface area contributed by atoms with Crippen molar-refractivity contribution in [2.24, 2.45) is 0 Å². The molecule has 2 aromatic carbocycles. The molecule has 0 spiro atoms. The standard InChI is InChI=1S/C25H25N5O4/c26-23-22-21(12-13-27-23)29(19-7-4-14-28(15-19)25(32)33)24(31)30(22)18-8-10-20(11-9-18)34-16-17-5-2-1-3-6-17/h1-3,5-6,8-13,19H,4,7,14-16H2,(H2,26,27)(H,32,33)/t19-/m1/s1. The van der Waals surface area contributed by atoms with Crippen LogP contribution in [0.3, 0.4) is 0 Å². The van der Waals surface area contributed by atoms with Gasteiger partial charge in [0.2, 0.25) is 0 Å². The average molecular weight is 460 g/mol. The Hall–Kier alpha value is -4.27. The van der Waals surface area contributed by atoms with Crippen LogP contribution in [0.2, 0.25) is 0 Å². The van der Waals surface area contributed by atoms with Crippen LogP contribution >= 0.6 is 0 Å². The molecule has 4 aromatic rings. The third kappa shape index (κ3) is 3.96. The number of hydrogen-bond acceptors (Lipinski definition) is 5. The lowest BCUT2D eigenvalue weighted by Gasteiger charge is -2.31. The molecule has 0 unspecified atom stereocenters. The van der Waals surface area contributed by atoms with Crippen LogP contribution < -0.4 is 16.2 Å². The van der Waals surface area contributed by atoms with Crippen LogP contribution in [-0.2, 0) is 6.61 Å². The van der Waals surface area contributed by atoms with Gasteiger partial charge >= 0.3 is 11.8 Å². The van der Waals surface area contributed by atoms with Crippen molar-refractivity contribution < 1.29 is 14.6 Å². The van der Waals surface area contributed by atoms with Crippen LogP contribution in [0.1, 0.15) is 24.4 Å². The summed E-state index contributed by atoms with van der Waals surface area (Å²) < 4.78 is 9.06. The summed E-state index contributed by atoms with van der Waals surface area (Å²) in [6, 6.07) is 18.6. The summed E-state index contributed by atoms with van der Waals surface area (Å²) in [4.78, 5) is 30.7. The molecule has 0 aliphatic carbocycles. The lowest BCUT2D eigenvalue weighted by Crippen LogP contribution is -2.42. The van der Waals surface area contributed by atoms with E-state index in [0.29, 0.717) is 48.5 Å². The molecule has 0 radical (unpaired) electrons. The number of anilines is 1. The molecule has 2 aromatic heterocycles. The number of nitrogen functional groups attached to an aromatic ring is 1. The molecule has 1 amide bonds. The summed E-state index contributed by atoms with van der Waals surface area (Å²) in [6.07, 6.45) is 1.98. The van der Waals surface area contributed by atoms with Crippen molar-refractivity contribution in [3.63, 3.8) is 0 Å². The maximum Gasteiger partial charge on any atom is 0.407 e. The van der Waals surface area contributed by atoms with E-state index in [2.05, 4.69) is 4.98 Å². The van der Waals surface area contributed by atoms with Crippen LogP contribution in [0.15, 0.2) is 71.7 Å². The Balaban J connectivity index is 1.51. The molecule has 174 valence electrons. The Morgan fingerprint density at radius 3 is 2.62 bits per heavy atom. The van der Waals surface area contributed by atoms with Gasteiger partial charge in [0.25, 0.3) is 0 Å². The minimum atomic E-state index is -0.978. The van der Waals surface area contributed by atoms with E-state index in [4.69, 9.17) is 10.5 Å². The normalized spacial score (nSPS) is 16.0. The molecule has 5 rings (SSSR count). The number of benzene rings is 2. The Kier molecular flexibility index (Phi) is 5.67. The number of nitrogens with zero attached hydrogens (tertiary/aromatic N) is 4. The number of carbonyl (C=O) groups is 1. The molecule has 0 bridgehead atoms. The Labute approximate surface area is 195 Å². The lowest BCUT2D eigenvalue weighted by molar-refractivity contribution is 0.121. The van der Waals surface area contributed by atoms with Gasteiger partial charge in [-0.05, 0) is 48.7 Å². The van der Waals surface area contributed by atoms with Crippen molar-refractivity contribution in [2.45, 2.75) is 25.5 Å². The second-order valence-corrected chi connectivity index (χ2v) is 8.34. The third-order valence-electron chi connectivity index (χ3n) is 6.19. The number of likely N-dealkylation sites (tertiary alicyclic amines) is 1. The Bertz CT molecular complexity index is 1380. The van der Waals surface area contributed by atoms with Crippen LogP contribution in [0.4, 0.5) is 10.6 Å². The van der Waals surface area contributed by atoms with Crippen LogP contribution in [0.5, 0.6) is 5.75 Å². The second-order valence-electron chi connectivity index (χ2n) is 8.34. The molecule has 1 saturated heterocycles. The minimum Gasteiger partial charge on any atom is -0.489 e. The second kappa shape index (κ2) is 8.93. The molecule has 1 aliphatic heterocycles. The van der Waals surface area contributed by atoms with Crippen LogP contribution in [0.25, 0.3) is 16.7 Å². The van der Waals surface area contributed by atoms with Crippen LogP contribution in [-0.4, -0.2) is 43.3 Å². The van der Waals surface area contributed by atoms with Crippen molar-refractivity contribution in [2.75, 3.05) is 18.8 Å². The zero-order chi connectivity index (χ0) is 23.7. The predicted octanol–water partition coefficient (Wildman–Crippen LogP) is 3.66. The zero-order valence-electron chi connectivity index (χ0n) is 18.5. The summed E-state index contributed by atoms with van der Waals surface area (Å²) >= 11 is 0. The number of imidazole rings is 1. The minimum absolute atomic E-state index is 0.239. The van der Waals surface area contributed by atoms with Gasteiger partial charge < -0.3 is 20.5 Å². The fourth-order valence-electron chi connectivity index (χ4n) is 4.55. The van der Waals surface area contributed by atoms with Gasteiger partial charge in [-0.1, -0.05) is 30.3 Å². The maximum absolute atomic E-state index is 13.7. The summed E-state index contributed by atoms with van der Waals surface area (Å²) in [7, 11) is 0. The van der Waals surface area contributed by atoms with E-state index in [0.717, 1.165) is 5.56 Å². The summed E-state index contributed by atoms with van der Waals surface area (Å²) in [5.41, 5.74) is 8.78. The summed E-state index contributed by atoms with van der Waals surface area (Å²) in [6.45, 7) is 1.16. The first-order valence-electron chi connectivity index (χ1n) is 11.2. The number of ether oxygens (including phenoxy) is 1. The third-order valence-corrected chi connectivity index (χ3v) is 6.19. The number of hydrogen-bond donors (Lipinski definition) is 2. The number of fused-ring (bicyclic) bond motifs is 1. The van der Waals surface area contributed by atoms with Gasteiger partial charge in [0.15, 0.2) is 0 Å². The Morgan fingerprint density at radius 1 is 1.12 bits per heavy atom. The van der Waals surface area contributed by atoms with Gasteiger partial charge in [-0.3, -0.25) is 9.13 Å². The lowest BCUT2D eigenvalue weighted by atomic mass is 10.1. The number of aromatic nitrogens is 3. The molecule has 3 N–H and O–H groups in total. The van der Waals surface area contributed by atoms with Crippen molar-refractivity contribution in [3.05, 3.63) is 82.9 Å². The number of piperidine rings is 1. The topological polar surface area (TPSA) is 116 Å². The van der Waals surface area contributed by atoms with E-state index >= 15 is 0 Å². The highest BCUT2D eigenvalue weighted by Crippen LogP contribution is 2.29. The Morgan fingerprint density at radius 2 is 1.88 bits per heavy atom. The van der Waals surface area contributed by atoms with Gasteiger partial charge in [0.1, 0.15) is 23.7 Å². The van der Waals surface area contributed by atoms with E-state index in [9.17, 15) is 14.7 Å². The van der Waals surface area contributed by atoms with E-state index in [1.807, 2.05) is 54.6 Å². The number of carboxylic acid groups (broad SMARTS) is 1. The molecule has 1 atom stereocenters. The highest BCUT2D eigenvalue weighted by molar-refractivity contribution is 5.87. The fraction of sp³-hybridized carbons (Fsp3) is 0.240. The highest BCUT2D eigenvalue weighted by Gasteiger charge is 2.29. The van der Waals surface area contributed by atoms with Crippen molar-refractivity contribution >= 4 is 22.9 Å². The first-order valence-corrected chi connectivity index (χ1v) is 11.2. The molecule has 9 heteroatoms. The highest BCUT2D eigenvalue weighted by atomic mass is 16.5. The van der Waals surface area contributed by atoms with Crippen molar-refractivity contribution in [1.29, 1.82) is 0 Å². The van der Waals surface area contributed by atoms with E-state index in [1.165, 1.54) is 4.90 Å². The first-order chi connectivity index (χ1) is 16.5. The first kappa shape index (κ1) is 21.6. The SMILES string of the molecule is Nc1nccc2c1n(-c1ccc(OCc3ccccc3)cc1)c(=O)n2[C@@H]1CCCN(C(=O)O)C1. The zero-order valence-corrected chi connectivity index (χ0v) is 18.5. The molecule has 0 saturated carbocycles. The van der Waals surface area contributed by atoms with Gasteiger partial charge in [-0.15, -0.1) is 0 Å². The van der Waals surface area contributed by atoms with E-state index in [1.54, 1.807) is 21.4 Å². The fourth-order valence-corrected chi connectivity index (χ4v) is 4.55. The maximum atomic E-state index is 13.7. The van der Waals surface area contributed by atoms with Gasteiger partial charge in [-0.25, -0.2) is 14.6 Å². The van der Waals surface area contributed by atoms with Crippen molar-refractivity contribution in [3.8, 4) is 11.4 Å². The van der Waals surface area contributed by atoms with Crippen molar-refractivity contribution in [1.82, 2.24) is 19.0 Å². The predicted molar refractivity (Wildman–Crippen MR) is 128 cm³/mol. The molecule has 3 heterocycles. The molecule has 1 fully saturated rings. The smallest absolute Gasteiger partial charge is 0.407 e. The number of rotatable bonds is 5. The monoisotopic (exact) mass is 459 g/mol. The van der Waals surface area contributed by atoms with Gasteiger partial charge in [0.05, 0.1) is 17.2 Å². The largest absolute Gasteiger partial charge is 0.489 e.